The molecule has 3 nitrogen and oxygen atoms in total. The molecule has 0 saturated carbocycles. The number of benzene rings is 1. The van der Waals surface area contributed by atoms with E-state index in [-0.39, 0.29) is 12.5 Å². The Balaban J connectivity index is 2.73. The average Bonchev–Trinajstić information content (AvgIpc) is 2.40. The topological polar surface area (TPSA) is 55.1 Å². The van der Waals surface area contributed by atoms with Crippen LogP contribution in [0.3, 0.4) is 0 Å². The molecule has 0 atom stereocenters. The number of rotatable bonds is 5. The van der Waals surface area contributed by atoms with Gasteiger partial charge in [-0.2, -0.15) is 0 Å². The van der Waals surface area contributed by atoms with Crippen molar-refractivity contribution in [3.8, 4) is 0 Å². The van der Waals surface area contributed by atoms with Gasteiger partial charge in [-0.1, -0.05) is 25.1 Å². The molecule has 5 heteroatoms. The molecule has 3 N–H and O–H groups in total. The van der Waals surface area contributed by atoms with Gasteiger partial charge in [0.15, 0.2) is 11.6 Å². The number of amides is 1. The molecule has 0 fully saturated rings. The number of nitrogens with two attached hydrogens (primary N) is 1. The second-order valence-electron chi connectivity index (χ2n) is 4.34. The largest absolute Gasteiger partial charge is 0.402 e. The van der Waals surface area contributed by atoms with E-state index in [9.17, 15) is 13.6 Å². The molecule has 0 aliphatic heterocycles. The summed E-state index contributed by atoms with van der Waals surface area (Å²) in [6.07, 6.45) is 4.26. The fourth-order valence-electron chi connectivity index (χ4n) is 1.55. The summed E-state index contributed by atoms with van der Waals surface area (Å²) in [5, 5.41) is 2.62. The Morgan fingerprint density at radius 1 is 1.35 bits per heavy atom. The van der Waals surface area contributed by atoms with Crippen molar-refractivity contribution in [1.29, 1.82) is 0 Å². The van der Waals surface area contributed by atoms with Crippen LogP contribution in [-0.2, 0) is 11.3 Å². The normalized spacial score (nSPS) is 12.4. The fraction of sp³-hybridized carbons (Fsp3) is 0.267. The molecule has 1 aromatic rings. The molecular formula is C15H18F2N2O. The molecule has 0 unspecified atom stereocenters. The molecule has 0 spiro atoms. The third-order valence-corrected chi connectivity index (χ3v) is 2.63. The van der Waals surface area contributed by atoms with Gasteiger partial charge < -0.3 is 11.1 Å². The lowest BCUT2D eigenvalue weighted by atomic mass is 10.1. The lowest BCUT2D eigenvalue weighted by Crippen LogP contribution is -2.25. The van der Waals surface area contributed by atoms with Gasteiger partial charge in [0.05, 0.1) is 5.57 Å². The Labute approximate surface area is 117 Å². The first kappa shape index (κ1) is 15.9. The van der Waals surface area contributed by atoms with Crippen LogP contribution >= 0.6 is 0 Å². The number of allylic oxidation sites excluding steroid dienone is 2. The summed E-state index contributed by atoms with van der Waals surface area (Å²) in [7, 11) is 0. The SMILES string of the molecule is CC/C=C\C(C(=O)NCc1ccc(F)c(F)c1)=C(/C)N. The van der Waals surface area contributed by atoms with Crippen molar-refractivity contribution in [1.82, 2.24) is 5.32 Å². The molecular weight excluding hydrogens is 262 g/mol. The molecule has 1 aromatic carbocycles. The van der Waals surface area contributed by atoms with Crippen LogP contribution in [0.1, 0.15) is 25.8 Å². The summed E-state index contributed by atoms with van der Waals surface area (Å²) < 4.78 is 25.8. The van der Waals surface area contributed by atoms with Crippen LogP contribution in [0.15, 0.2) is 41.6 Å². The van der Waals surface area contributed by atoms with E-state index in [0.717, 1.165) is 18.6 Å². The summed E-state index contributed by atoms with van der Waals surface area (Å²) in [4.78, 5) is 11.9. The van der Waals surface area contributed by atoms with Crippen molar-refractivity contribution in [2.24, 2.45) is 5.73 Å². The van der Waals surface area contributed by atoms with Crippen molar-refractivity contribution in [3.05, 3.63) is 58.8 Å². The van der Waals surface area contributed by atoms with Gasteiger partial charge in [-0.3, -0.25) is 4.79 Å². The molecule has 0 aliphatic carbocycles. The quantitative estimate of drug-likeness (QED) is 0.643. The number of carbonyl (C=O) groups is 1. The fourth-order valence-corrected chi connectivity index (χ4v) is 1.55. The van der Waals surface area contributed by atoms with E-state index in [1.165, 1.54) is 6.07 Å². The number of carbonyl (C=O) groups excluding carboxylic acids is 1. The van der Waals surface area contributed by atoms with E-state index in [4.69, 9.17) is 5.73 Å². The molecule has 108 valence electrons. The number of halogens is 2. The predicted octanol–water partition coefficient (Wildman–Crippen LogP) is 2.78. The Bertz CT molecular complexity index is 547. The molecule has 20 heavy (non-hydrogen) atoms. The van der Waals surface area contributed by atoms with Gasteiger partial charge >= 0.3 is 0 Å². The van der Waals surface area contributed by atoms with Crippen LogP contribution in [0.4, 0.5) is 8.78 Å². The second kappa shape index (κ2) is 7.43. The van der Waals surface area contributed by atoms with E-state index >= 15 is 0 Å². The zero-order valence-electron chi connectivity index (χ0n) is 11.5. The first-order chi connectivity index (χ1) is 9.45. The number of hydrogen-bond donors (Lipinski definition) is 2. The van der Waals surface area contributed by atoms with Crippen molar-refractivity contribution in [3.63, 3.8) is 0 Å². The zero-order valence-corrected chi connectivity index (χ0v) is 11.5. The molecule has 0 heterocycles. The number of hydrogen-bond acceptors (Lipinski definition) is 2. The maximum absolute atomic E-state index is 13.0. The summed E-state index contributed by atoms with van der Waals surface area (Å²) in [5.41, 5.74) is 6.90. The summed E-state index contributed by atoms with van der Waals surface area (Å²) in [5.74, 6) is -2.20. The highest BCUT2D eigenvalue weighted by molar-refractivity contribution is 5.96. The molecule has 0 saturated heterocycles. The van der Waals surface area contributed by atoms with Crippen LogP contribution in [0, 0.1) is 11.6 Å². The standard InChI is InChI=1S/C15H18F2N2O/c1-3-4-5-12(10(2)18)15(20)19-9-11-6-7-13(16)14(17)8-11/h4-8H,3,9,18H2,1-2H3,(H,19,20)/b5-4-,12-10-. The van der Waals surface area contributed by atoms with Crippen LogP contribution in [0.5, 0.6) is 0 Å². The molecule has 0 bridgehead atoms. The van der Waals surface area contributed by atoms with Crippen LogP contribution in [0.25, 0.3) is 0 Å². The van der Waals surface area contributed by atoms with Gasteiger partial charge in [0.2, 0.25) is 0 Å². The predicted molar refractivity (Wildman–Crippen MR) is 74.5 cm³/mol. The molecule has 1 amide bonds. The molecule has 1 rings (SSSR count). The first-order valence-electron chi connectivity index (χ1n) is 6.30. The maximum atomic E-state index is 13.0. The third kappa shape index (κ3) is 4.50. The first-order valence-corrected chi connectivity index (χ1v) is 6.30. The van der Waals surface area contributed by atoms with Crippen molar-refractivity contribution in [2.45, 2.75) is 26.8 Å². The Hall–Kier alpha value is -2.17. The van der Waals surface area contributed by atoms with Crippen molar-refractivity contribution in [2.75, 3.05) is 0 Å². The summed E-state index contributed by atoms with van der Waals surface area (Å²) in [6.45, 7) is 3.68. The monoisotopic (exact) mass is 280 g/mol. The van der Waals surface area contributed by atoms with E-state index in [2.05, 4.69) is 5.32 Å². The molecule has 0 radical (unpaired) electrons. The van der Waals surface area contributed by atoms with Gasteiger partial charge in [0.1, 0.15) is 0 Å². The van der Waals surface area contributed by atoms with E-state index < -0.39 is 11.6 Å². The smallest absolute Gasteiger partial charge is 0.253 e. The van der Waals surface area contributed by atoms with E-state index in [1.807, 2.05) is 13.0 Å². The highest BCUT2D eigenvalue weighted by atomic mass is 19.2. The summed E-state index contributed by atoms with van der Waals surface area (Å²) in [6, 6.07) is 3.49. The van der Waals surface area contributed by atoms with Crippen LogP contribution in [0.2, 0.25) is 0 Å². The lowest BCUT2D eigenvalue weighted by Gasteiger charge is -2.08. The van der Waals surface area contributed by atoms with Gasteiger partial charge in [0, 0.05) is 12.2 Å². The third-order valence-electron chi connectivity index (χ3n) is 2.63. The van der Waals surface area contributed by atoms with Gasteiger partial charge in [-0.05, 0) is 31.0 Å². The highest BCUT2D eigenvalue weighted by Crippen LogP contribution is 2.09. The van der Waals surface area contributed by atoms with Gasteiger partial charge in [0.25, 0.3) is 5.91 Å². The minimum absolute atomic E-state index is 0.104. The molecule has 0 aromatic heterocycles. The Morgan fingerprint density at radius 3 is 2.60 bits per heavy atom. The van der Waals surface area contributed by atoms with E-state index in [0.29, 0.717) is 16.8 Å². The second-order valence-corrected chi connectivity index (χ2v) is 4.34. The van der Waals surface area contributed by atoms with Crippen LogP contribution < -0.4 is 11.1 Å². The highest BCUT2D eigenvalue weighted by Gasteiger charge is 2.09. The Morgan fingerprint density at radius 2 is 2.05 bits per heavy atom. The van der Waals surface area contributed by atoms with Crippen molar-refractivity contribution >= 4 is 5.91 Å². The minimum Gasteiger partial charge on any atom is -0.402 e. The van der Waals surface area contributed by atoms with E-state index in [1.54, 1.807) is 13.0 Å². The van der Waals surface area contributed by atoms with Crippen LogP contribution in [-0.4, -0.2) is 5.91 Å². The lowest BCUT2D eigenvalue weighted by molar-refractivity contribution is -0.117. The summed E-state index contributed by atoms with van der Waals surface area (Å²) >= 11 is 0. The van der Waals surface area contributed by atoms with Gasteiger partial charge in [-0.25, -0.2) is 8.78 Å². The Kier molecular flexibility index (Phi) is 5.90. The number of nitrogens with one attached hydrogen (secondary N) is 1. The van der Waals surface area contributed by atoms with Crippen molar-refractivity contribution < 1.29 is 13.6 Å². The minimum atomic E-state index is -0.937. The average molecular weight is 280 g/mol. The molecule has 0 aliphatic rings. The maximum Gasteiger partial charge on any atom is 0.253 e. The zero-order chi connectivity index (χ0) is 15.1. The van der Waals surface area contributed by atoms with Gasteiger partial charge in [-0.15, -0.1) is 0 Å².